The van der Waals surface area contributed by atoms with Gasteiger partial charge in [-0.15, -0.1) is 0 Å². The first-order valence-electron chi connectivity index (χ1n) is 24.9. The van der Waals surface area contributed by atoms with Gasteiger partial charge in [-0.25, -0.2) is 0 Å². The van der Waals surface area contributed by atoms with Crippen LogP contribution in [0.1, 0.15) is 105 Å². The Balaban J connectivity index is 0.947. The summed E-state index contributed by atoms with van der Waals surface area (Å²) in [6.45, 7) is 6.78. The van der Waals surface area contributed by atoms with Crippen molar-refractivity contribution in [1.82, 2.24) is 18.7 Å². The molecule has 344 valence electrons. The van der Waals surface area contributed by atoms with E-state index in [4.69, 9.17) is 9.72 Å². The number of para-hydroxylation sites is 2. The number of benzene rings is 7. The maximum atomic E-state index is 6.84. The van der Waals surface area contributed by atoms with Crippen LogP contribution in [-0.4, -0.2) is 18.7 Å². The Bertz CT molecular complexity index is 3710. The van der Waals surface area contributed by atoms with Crippen molar-refractivity contribution in [2.24, 2.45) is 0 Å². The van der Waals surface area contributed by atoms with E-state index in [1.54, 1.807) is 0 Å². The van der Waals surface area contributed by atoms with Gasteiger partial charge in [-0.05, 0) is 41.4 Å². The van der Waals surface area contributed by atoms with Gasteiger partial charge in [0, 0.05) is 6.20 Å². The molecule has 3 heterocycles. The van der Waals surface area contributed by atoms with Crippen molar-refractivity contribution >= 4 is 32.8 Å². The van der Waals surface area contributed by atoms with Crippen molar-refractivity contribution in [2.75, 3.05) is 0 Å². The molecule has 3 aliphatic carbocycles. The number of ether oxygens (including phenoxy) is 1. The van der Waals surface area contributed by atoms with Gasteiger partial charge < -0.3 is 0 Å². The number of pyridine rings is 1. The number of fused-ring (bicyclic) bond motifs is 8. The quantitative estimate of drug-likeness (QED) is 0.149. The SMILES string of the molecule is CC(C)(C)c1ccnc(-n2c3[c-]c(Oc4[c-]c(-n5[c](=[Pt])n(-c6c(-c7ccccc7)ccc7c6C6(CCc8ccccc86)CC7)c6ccccc65)ccc4)ccc3c3cc(C4CCCCC4)ccc32)c1. The van der Waals surface area contributed by atoms with Gasteiger partial charge in [-0.1, -0.05) is 46.1 Å². The summed E-state index contributed by atoms with van der Waals surface area (Å²) in [6, 6.07) is 63.3. The van der Waals surface area contributed by atoms with Gasteiger partial charge in [0.2, 0.25) is 0 Å². The molecule has 0 bridgehead atoms. The van der Waals surface area contributed by atoms with Crippen LogP contribution in [0, 0.1) is 15.9 Å². The number of imidazole rings is 1. The van der Waals surface area contributed by atoms with Gasteiger partial charge in [0.05, 0.1) is 0 Å². The van der Waals surface area contributed by atoms with Crippen molar-refractivity contribution in [3.8, 4) is 39.8 Å². The first-order valence-corrected chi connectivity index (χ1v) is 26.0. The fourth-order valence-electron chi connectivity index (χ4n) is 12.4. The van der Waals surface area contributed by atoms with Crippen LogP contribution in [0.4, 0.5) is 0 Å². The monoisotopic (exact) mass is 1080 g/mol. The standard InChI is InChI=1S/C63H54N4O.Pt/c1-62(2,3)47-33-36-64-59(38-47)67-55-30-26-46(42-15-6-4-7-16-42)37-53(55)52-29-27-50(40-58(52)67)68-49-21-14-20-48(39-49)65-41-66(57-24-13-12-23-56(57)65)61-51(43-17-8-5-9-18-43)28-25-45-32-35-63(60(45)61)34-31-44-19-10-11-22-54(44)63;/h5,8-14,17-30,33,36-38,42H,4,6-7,15-16,31-32,34-35H2,1-3H3;/q-2;. The molecule has 1 atom stereocenters. The predicted octanol–water partition coefficient (Wildman–Crippen LogP) is 15.6. The van der Waals surface area contributed by atoms with Gasteiger partial charge in [-0.2, -0.15) is 0 Å². The zero-order valence-corrected chi connectivity index (χ0v) is 41.7. The zero-order chi connectivity index (χ0) is 46.4. The van der Waals surface area contributed by atoms with Crippen molar-refractivity contribution in [2.45, 2.75) is 95.3 Å². The summed E-state index contributed by atoms with van der Waals surface area (Å²) in [5.74, 6) is 2.76. The van der Waals surface area contributed by atoms with Gasteiger partial charge in [0.15, 0.2) is 0 Å². The summed E-state index contributed by atoms with van der Waals surface area (Å²) in [4.78, 5) is 4.99. The number of aromatic nitrogens is 4. The number of hydrogen-bond acceptors (Lipinski definition) is 2. The average Bonchev–Trinajstić information content (AvgIpc) is 4.13. The molecule has 1 unspecified atom stereocenters. The summed E-state index contributed by atoms with van der Waals surface area (Å²) < 4.78 is 15.1. The van der Waals surface area contributed by atoms with Crippen LogP contribution in [0.5, 0.6) is 11.5 Å². The van der Waals surface area contributed by atoms with E-state index >= 15 is 0 Å². The normalized spacial score (nSPS) is 17.1. The molecular formula is C63H54N4OPt-2. The molecule has 0 aliphatic heterocycles. The minimum atomic E-state index is -0.0437. The molecule has 6 heteroatoms. The van der Waals surface area contributed by atoms with Crippen molar-refractivity contribution < 1.29 is 24.1 Å². The molecule has 3 aliphatic rings. The van der Waals surface area contributed by atoms with E-state index in [1.807, 2.05) is 12.3 Å². The molecule has 0 amide bonds. The topological polar surface area (TPSA) is 36.9 Å². The zero-order valence-electron chi connectivity index (χ0n) is 39.5. The van der Waals surface area contributed by atoms with E-state index < -0.39 is 0 Å². The molecule has 7 aromatic carbocycles. The Morgan fingerprint density at radius 1 is 0.638 bits per heavy atom. The number of nitrogens with zero attached hydrogens (tertiary/aromatic N) is 4. The molecule has 10 aromatic rings. The van der Waals surface area contributed by atoms with Crippen molar-refractivity contribution in [3.05, 3.63) is 207 Å². The average molecular weight is 1080 g/mol. The molecule has 69 heavy (non-hydrogen) atoms. The first-order chi connectivity index (χ1) is 33.7. The third-order valence-corrected chi connectivity index (χ3v) is 16.8. The Morgan fingerprint density at radius 2 is 1.39 bits per heavy atom. The molecular weight excluding hydrogens is 1020 g/mol. The van der Waals surface area contributed by atoms with Gasteiger partial charge in [-0.3, -0.25) is 0 Å². The van der Waals surface area contributed by atoms with Crippen LogP contribution in [0.3, 0.4) is 0 Å². The second-order valence-electron chi connectivity index (χ2n) is 20.7. The molecule has 3 aromatic heterocycles. The molecule has 1 saturated carbocycles. The molecule has 13 rings (SSSR count). The van der Waals surface area contributed by atoms with Gasteiger partial charge in [0.1, 0.15) is 0 Å². The summed E-state index contributed by atoms with van der Waals surface area (Å²) in [7, 11) is 0. The fourth-order valence-corrected chi connectivity index (χ4v) is 13.4. The third kappa shape index (κ3) is 6.98. The summed E-state index contributed by atoms with van der Waals surface area (Å²) >= 11 is 2.56. The third-order valence-electron chi connectivity index (χ3n) is 15.7. The van der Waals surface area contributed by atoms with Crippen LogP contribution in [0.25, 0.3) is 61.2 Å². The van der Waals surface area contributed by atoms with Crippen LogP contribution in [0.2, 0.25) is 0 Å². The molecule has 5 nitrogen and oxygen atoms in total. The second kappa shape index (κ2) is 16.6. The number of hydrogen-bond donors (Lipinski definition) is 0. The van der Waals surface area contributed by atoms with Gasteiger partial charge in [0.25, 0.3) is 0 Å². The van der Waals surface area contributed by atoms with E-state index in [0.717, 1.165) is 68.4 Å². The second-order valence-corrected chi connectivity index (χ2v) is 21.7. The summed E-state index contributed by atoms with van der Waals surface area (Å²) in [5.41, 5.74) is 17.6. The molecule has 0 radical (unpaired) electrons. The van der Waals surface area contributed by atoms with E-state index in [9.17, 15) is 0 Å². The van der Waals surface area contributed by atoms with Crippen LogP contribution in [-0.2, 0) is 43.0 Å². The van der Waals surface area contributed by atoms with Crippen molar-refractivity contribution in [3.63, 3.8) is 0 Å². The molecule has 0 N–H and O–H groups in total. The van der Waals surface area contributed by atoms with E-state index in [2.05, 4.69) is 212 Å². The Hall–Kier alpha value is -6.55. The van der Waals surface area contributed by atoms with E-state index in [-0.39, 0.29) is 10.8 Å². The Kier molecular flexibility index (Phi) is 10.2. The molecule has 1 spiro atoms. The summed E-state index contributed by atoms with van der Waals surface area (Å²) in [6.07, 6.45) is 12.8. The summed E-state index contributed by atoms with van der Waals surface area (Å²) in [5, 5.41) is 2.39. The molecule has 0 saturated heterocycles. The Labute approximate surface area is 415 Å². The van der Waals surface area contributed by atoms with E-state index in [0.29, 0.717) is 17.4 Å². The van der Waals surface area contributed by atoms with E-state index in [1.165, 1.54) is 87.7 Å². The van der Waals surface area contributed by atoms with Crippen LogP contribution in [0.15, 0.2) is 158 Å². The first kappa shape index (κ1) is 42.5. The van der Waals surface area contributed by atoms with Crippen LogP contribution < -0.4 is 4.74 Å². The fraction of sp³-hybridized carbons (Fsp3) is 0.238. The molecule has 1 fully saturated rings. The number of rotatable bonds is 7. The van der Waals surface area contributed by atoms with Crippen LogP contribution >= 0.6 is 0 Å². The number of aryl methyl sites for hydroxylation is 2. The maximum absolute atomic E-state index is 6.84. The van der Waals surface area contributed by atoms with Gasteiger partial charge >= 0.3 is 324 Å². The minimum absolute atomic E-state index is 0.0265. The predicted molar refractivity (Wildman–Crippen MR) is 276 cm³/mol. The van der Waals surface area contributed by atoms with Crippen molar-refractivity contribution in [1.29, 1.82) is 0 Å². The Morgan fingerprint density at radius 3 is 2.22 bits per heavy atom.